The Morgan fingerprint density at radius 3 is 2.69 bits per heavy atom. The summed E-state index contributed by atoms with van der Waals surface area (Å²) in [6.45, 7) is 12.9. The van der Waals surface area contributed by atoms with E-state index in [0.29, 0.717) is 18.5 Å². The molecule has 1 unspecified atom stereocenters. The molecule has 1 aliphatic rings. The number of benzene rings is 1. The molecule has 0 aliphatic carbocycles. The van der Waals surface area contributed by atoms with Crippen molar-refractivity contribution in [3.63, 3.8) is 0 Å². The lowest BCUT2D eigenvalue weighted by molar-refractivity contribution is 0.0891. The number of nitrogens with zero attached hydrogens (tertiary/aromatic N) is 4. The maximum Gasteiger partial charge on any atom is 0.191 e. The molecule has 0 radical (unpaired) electrons. The second-order valence-electron chi connectivity index (χ2n) is 8.57. The van der Waals surface area contributed by atoms with Crippen LogP contribution < -0.4 is 10.6 Å². The van der Waals surface area contributed by atoms with Gasteiger partial charge in [0.15, 0.2) is 11.7 Å². The van der Waals surface area contributed by atoms with Crippen LogP contribution in [0.5, 0.6) is 0 Å². The average molecular weight is 555 g/mol. The number of piperazine rings is 1. The van der Waals surface area contributed by atoms with E-state index in [1.807, 2.05) is 6.07 Å². The minimum atomic E-state index is 0. The van der Waals surface area contributed by atoms with Crippen molar-refractivity contribution in [2.24, 2.45) is 4.99 Å². The van der Waals surface area contributed by atoms with E-state index in [0.717, 1.165) is 63.1 Å². The molecule has 2 aromatic rings. The lowest BCUT2D eigenvalue weighted by Crippen LogP contribution is -2.47. The Morgan fingerprint density at radius 2 is 2.00 bits per heavy atom. The molecule has 1 aromatic carbocycles. The predicted molar refractivity (Wildman–Crippen MR) is 142 cm³/mol. The molecule has 3 rings (SSSR count). The van der Waals surface area contributed by atoms with Crippen molar-refractivity contribution >= 4 is 29.9 Å². The van der Waals surface area contributed by atoms with Crippen LogP contribution in [0.25, 0.3) is 0 Å². The highest BCUT2D eigenvalue weighted by Crippen LogP contribution is 2.24. The van der Waals surface area contributed by atoms with Gasteiger partial charge in [0.25, 0.3) is 0 Å². The predicted octanol–water partition coefficient (Wildman–Crippen LogP) is 3.85. The highest BCUT2D eigenvalue weighted by atomic mass is 127. The highest BCUT2D eigenvalue weighted by Gasteiger charge is 2.25. The first-order valence-corrected chi connectivity index (χ1v) is 11.5. The fourth-order valence-corrected chi connectivity index (χ4v) is 3.88. The third-order valence-electron chi connectivity index (χ3n) is 5.70. The quantitative estimate of drug-likeness (QED) is 0.213. The zero-order chi connectivity index (χ0) is 22.1. The van der Waals surface area contributed by atoms with Crippen molar-refractivity contribution in [3.05, 3.63) is 53.4 Å². The number of hydrogen-bond donors (Lipinski definition) is 2. The van der Waals surface area contributed by atoms with Gasteiger partial charge in [-0.25, -0.2) is 4.99 Å². The summed E-state index contributed by atoms with van der Waals surface area (Å²) < 4.78 is 5.40. The number of aromatic nitrogens is 1. The first kappa shape index (κ1) is 26.6. The minimum Gasteiger partial charge on any atom is -0.359 e. The molecular weight excluding hydrogens is 515 g/mol. The lowest BCUT2D eigenvalue weighted by Gasteiger charge is -2.40. The first-order chi connectivity index (χ1) is 15.1. The van der Waals surface area contributed by atoms with Gasteiger partial charge >= 0.3 is 0 Å². The molecule has 0 bridgehead atoms. The summed E-state index contributed by atoms with van der Waals surface area (Å²) in [4.78, 5) is 9.69. The monoisotopic (exact) mass is 554 g/mol. The van der Waals surface area contributed by atoms with Gasteiger partial charge < -0.3 is 20.1 Å². The summed E-state index contributed by atoms with van der Waals surface area (Å²) in [7, 11) is 2.21. The summed E-state index contributed by atoms with van der Waals surface area (Å²) >= 11 is 0. The van der Waals surface area contributed by atoms with E-state index in [1.165, 1.54) is 5.56 Å². The van der Waals surface area contributed by atoms with Crippen molar-refractivity contribution < 1.29 is 4.52 Å². The molecule has 2 N–H and O–H groups in total. The third kappa shape index (κ3) is 8.04. The molecule has 0 spiro atoms. The first-order valence-electron chi connectivity index (χ1n) is 11.5. The van der Waals surface area contributed by atoms with Crippen molar-refractivity contribution in [2.75, 3.05) is 46.3 Å². The minimum absolute atomic E-state index is 0. The Labute approximate surface area is 210 Å². The van der Waals surface area contributed by atoms with Crippen LogP contribution in [0.1, 0.15) is 56.2 Å². The molecule has 8 heteroatoms. The van der Waals surface area contributed by atoms with Crippen LogP contribution in [0.15, 0.2) is 45.9 Å². The maximum absolute atomic E-state index is 5.40. The van der Waals surface area contributed by atoms with Gasteiger partial charge in [-0.2, -0.15) is 0 Å². The number of guanidine groups is 1. The zero-order valence-electron chi connectivity index (χ0n) is 19.9. The van der Waals surface area contributed by atoms with E-state index in [1.54, 1.807) is 0 Å². The van der Waals surface area contributed by atoms with E-state index in [9.17, 15) is 0 Å². The fourth-order valence-electron chi connectivity index (χ4n) is 3.88. The van der Waals surface area contributed by atoms with Crippen LogP contribution in [-0.4, -0.2) is 67.2 Å². The van der Waals surface area contributed by atoms with Crippen LogP contribution in [0.4, 0.5) is 0 Å². The Morgan fingerprint density at radius 1 is 1.22 bits per heavy atom. The van der Waals surface area contributed by atoms with Crippen molar-refractivity contribution in [3.8, 4) is 0 Å². The van der Waals surface area contributed by atoms with Gasteiger partial charge in [-0.15, -0.1) is 24.0 Å². The molecule has 1 atom stereocenters. The van der Waals surface area contributed by atoms with E-state index < -0.39 is 0 Å². The molecule has 2 heterocycles. The highest BCUT2D eigenvalue weighted by molar-refractivity contribution is 14.0. The molecule has 178 valence electrons. The van der Waals surface area contributed by atoms with Gasteiger partial charge in [-0.05, 0) is 31.9 Å². The van der Waals surface area contributed by atoms with Crippen LogP contribution in [0.2, 0.25) is 0 Å². The molecule has 1 aliphatic heterocycles. The summed E-state index contributed by atoms with van der Waals surface area (Å²) in [5.41, 5.74) is 2.38. The summed E-state index contributed by atoms with van der Waals surface area (Å²) in [6, 6.07) is 13.3. The smallest absolute Gasteiger partial charge is 0.191 e. The average Bonchev–Trinajstić information content (AvgIpc) is 3.26. The number of aliphatic imine (C=N–C) groups is 1. The molecule has 32 heavy (non-hydrogen) atoms. The maximum atomic E-state index is 5.40. The topological polar surface area (TPSA) is 68.9 Å². The standard InChI is InChI=1S/C24H38N6O.HI/c1-5-25-24(27-17-21-16-22(19(2)3)28-31-21)26-12-9-13-30-15-14-29(4)18-23(30)20-10-7-6-8-11-20;/h6-8,10-11,16,19,23H,5,9,12-15,17-18H2,1-4H3,(H2,25,26,27);1H. The second kappa shape index (κ2) is 13.8. The van der Waals surface area contributed by atoms with Gasteiger partial charge in [0.2, 0.25) is 0 Å². The molecule has 0 amide bonds. The molecule has 7 nitrogen and oxygen atoms in total. The van der Waals surface area contributed by atoms with E-state index in [4.69, 9.17) is 4.52 Å². The Kier molecular flexibility index (Phi) is 11.5. The van der Waals surface area contributed by atoms with E-state index in [-0.39, 0.29) is 24.0 Å². The normalized spacial score (nSPS) is 17.9. The molecule has 1 aromatic heterocycles. The zero-order valence-corrected chi connectivity index (χ0v) is 22.2. The van der Waals surface area contributed by atoms with Crippen molar-refractivity contribution in [1.29, 1.82) is 0 Å². The van der Waals surface area contributed by atoms with Crippen LogP contribution in [-0.2, 0) is 6.54 Å². The van der Waals surface area contributed by atoms with Crippen molar-refractivity contribution in [1.82, 2.24) is 25.6 Å². The second-order valence-corrected chi connectivity index (χ2v) is 8.57. The van der Waals surface area contributed by atoms with E-state index in [2.05, 4.69) is 88.7 Å². The summed E-state index contributed by atoms with van der Waals surface area (Å²) in [6.07, 6.45) is 1.07. The van der Waals surface area contributed by atoms with Gasteiger partial charge in [0, 0.05) is 51.4 Å². The van der Waals surface area contributed by atoms with Gasteiger partial charge in [-0.1, -0.05) is 49.3 Å². The number of rotatable bonds is 9. The van der Waals surface area contributed by atoms with Crippen molar-refractivity contribution in [2.45, 2.75) is 45.7 Å². The largest absolute Gasteiger partial charge is 0.359 e. The molecule has 1 saturated heterocycles. The molecular formula is C24H39IN6O. The third-order valence-corrected chi connectivity index (χ3v) is 5.70. The number of hydrogen-bond acceptors (Lipinski definition) is 5. The Bertz CT molecular complexity index is 810. The number of likely N-dealkylation sites (N-methyl/N-ethyl adjacent to an activating group) is 1. The molecule has 0 saturated carbocycles. The van der Waals surface area contributed by atoms with Crippen LogP contribution in [0, 0.1) is 0 Å². The number of halogens is 1. The van der Waals surface area contributed by atoms with Crippen LogP contribution in [0.3, 0.4) is 0 Å². The fraction of sp³-hybridized carbons (Fsp3) is 0.583. The van der Waals surface area contributed by atoms with Crippen LogP contribution >= 0.6 is 24.0 Å². The summed E-state index contributed by atoms with van der Waals surface area (Å²) in [5, 5.41) is 10.9. The van der Waals surface area contributed by atoms with Gasteiger partial charge in [0.05, 0.1) is 5.69 Å². The Hall–Kier alpha value is -1.65. The Balaban J connectivity index is 0.00000363. The van der Waals surface area contributed by atoms with Gasteiger partial charge in [0.1, 0.15) is 6.54 Å². The van der Waals surface area contributed by atoms with Gasteiger partial charge in [-0.3, -0.25) is 4.90 Å². The number of nitrogens with one attached hydrogen (secondary N) is 2. The van der Waals surface area contributed by atoms with E-state index >= 15 is 0 Å². The molecule has 1 fully saturated rings. The summed E-state index contributed by atoms with van der Waals surface area (Å²) in [5.74, 6) is 1.98. The lowest BCUT2D eigenvalue weighted by atomic mass is 10.0. The SMILES string of the molecule is CCNC(=NCc1cc(C(C)C)no1)NCCCN1CCN(C)CC1c1ccccc1.I.